The highest BCUT2D eigenvalue weighted by atomic mass is 16.5. The van der Waals surface area contributed by atoms with Gasteiger partial charge in [0.1, 0.15) is 5.75 Å². The first kappa shape index (κ1) is 14.0. The average molecular weight is 287 g/mol. The van der Waals surface area contributed by atoms with E-state index in [0.29, 0.717) is 6.42 Å². The molecule has 4 heteroatoms. The van der Waals surface area contributed by atoms with Crippen molar-refractivity contribution in [2.75, 3.05) is 7.11 Å². The van der Waals surface area contributed by atoms with Crippen LogP contribution in [0, 0.1) is 5.92 Å². The summed E-state index contributed by atoms with van der Waals surface area (Å²) in [5.41, 5.74) is 3.72. The van der Waals surface area contributed by atoms with E-state index < -0.39 is 5.97 Å². The number of rotatable bonds is 4. The Morgan fingerprint density at radius 3 is 2.95 bits per heavy atom. The number of hydrogen-bond donors (Lipinski definition) is 1. The highest BCUT2D eigenvalue weighted by molar-refractivity contribution is 5.88. The van der Waals surface area contributed by atoms with Crippen molar-refractivity contribution >= 4 is 16.9 Å². The Morgan fingerprint density at radius 2 is 2.29 bits per heavy atom. The van der Waals surface area contributed by atoms with Gasteiger partial charge in [-0.05, 0) is 49.4 Å². The van der Waals surface area contributed by atoms with Gasteiger partial charge < -0.3 is 14.4 Å². The third-order valence-electron chi connectivity index (χ3n) is 4.47. The largest absolute Gasteiger partial charge is 0.497 e. The van der Waals surface area contributed by atoms with E-state index in [1.165, 1.54) is 16.8 Å². The smallest absolute Gasteiger partial charge is 0.306 e. The van der Waals surface area contributed by atoms with Gasteiger partial charge in [0.05, 0.1) is 13.0 Å². The van der Waals surface area contributed by atoms with Crippen LogP contribution in [-0.4, -0.2) is 22.8 Å². The van der Waals surface area contributed by atoms with Gasteiger partial charge in [-0.2, -0.15) is 0 Å². The Labute approximate surface area is 124 Å². The van der Waals surface area contributed by atoms with E-state index in [4.69, 9.17) is 4.74 Å². The number of fused-ring (bicyclic) bond motifs is 3. The first-order valence-electron chi connectivity index (χ1n) is 7.56. The van der Waals surface area contributed by atoms with Crippen molar-refractivity contribution in [3.63, 3.8) is 0 Å². The van der Waals surface area contributed by atoms with Crippen LogP contribution in [0.4, 0.5) is 0 Å². The summed E-state index contributed by atoms with van der Waals surface area (Å²) in [7, 11) is 1.66. The van der Waals surface area contributed by atoms with Crippen molar-refractivity contribution < 1.29 is 14.6 Å². The fourth-order valence-electron chi connectivity index (χ4n) is 3.45. The maximum absolute atomic E-state index is 11.3. The molecule has 0 bridgehead atoms. The zero-order valence-electron chi connectivity index (χ0n) is 12.6. The van der Waals surface area contributed by atoms with Crippen LogP contribution in [0.3, 0.4) is 0 Å². The molecule has 0 saturated heterocycles. The monoisotopic (exact) mass is 287 g/mol. The van der Waals surface area contributed by atoms with Gasteiger partial charge in [0.2, 0.25) is 0 Å². The van der Waals surface area contributed by atoms with Gasteiger partial charge in [-0.15, -0.1) is 0 Å². The zero-order valence-corrected chi connectivity index (χ0v) is 12.6. The van der Waals surface area contributed by atoms with Crippen LogP contribution < -0.4 is 4.74 Å². The Balaban J connectivity index is 2.18. The predicted octanol–water partition coefficient (Wildman–Crippen LogP) is 3.25. The molecular weight excluding hydrogens is 266 g/mol. The number of nitrogens with zero attached hydrogens (tertiary/aromatic N) is 1. The van der Waals surface area contributed by atoms with Crippen molar-refractivity contribution in [1.82, 2.24) is 4.57 Å². The van der Waals surface area contributed by atoms with E-state index in [-0.39, 0.29) is 5.92 Å². The number of ether oxygens (including phenoxy) is 1. The lowest BCUT2D eigenvalue weighted by Gasteiger charge is -2.21. The molecule has 0 radical (unpaired) electrons. The minimum atomic E-state index is -0.681. The topological polar surface area (TPSA) is 51.5 Å². The molecule has 1 aromatic carbocycles. The molecule has 112 valence electrons. The molecule has 1 aliphatic rings. The fraction of sp³-hybridized carbons (Fsp3) is 0.471. The third-order valence-corrected chi connectivity index (χ3v) is 4.47. The fourth-order valence-corrected chi connectivity index (χ4v) is 3.45. The summed E-state index contributed by atoms with van der Waals surface area (Å²) in [5, 5.41) is 10.5. The average Bonchev–Trinajstić information content (AvgIpc) is 2.80. The van der Waals surface area contributed by atoms with Gasteiger partial charge in [-0.3, -0.25) is 4.79 Å². The van der Waals surface area contributed by atoms with Crippen LogP contribution in [0.15, 0.2) is 18.2 Å². The van der Waals surface area contributed by atoms with E-state index in [1.54, 1.807) is 7.11 Å². The zero-order chi connectivity index (χ0) is 15.0. The van der Waals surface area contributed by atoms with E-state index >= 15 is 0 Å². The summed E-state index contributed by atoms with van der Waals surface area (Å²) in [6.45, 7) is 3.15. The molecule has 4 nitrogen and oxygen atoms in total. The van der Waals surface area contributed by atoms with Gasteiger partial charge in [-0.1, -0.05) is 6.92 Å². The number of benzene rings is 1. The predicted molar refractivity (Wildman–Crippen MR) is 81.9 cm³/mol. The highest BCUT2D eigenvalue weighted by Crippen LogP contribution is 2.36. The van der Waals surface area contributed by atoms with E-state index in [2.05, 4.69) is 17.6 Å². The number of aryl methyl sites for hydroxylation is 1. The third kappa shape index (κ3) is 2.28. The Morgan fingerprint density at radius 1 is 1.48 bits per heavy atom. The molecule has 1 heterocycles. The van der Waals surface area contributed by atoms with E-state index in [1.807, 2.05) is 12.1 Å². The maximum atomic E-state index is 11.3. The number of carbonyl (C=O) groups is 1. The standard InChI is InChI=1S/C17H21NO3/c1-3-8-18-15-6-4-11(17(19)20)9-13(15)14-10-12(21-2)5-7-16(14)18/h5,7,10-11H,3-4,6,8-9H2,1-2H3,(H,19,20). The van der Waals surface area contributed by atoms with Gasteiger partial charge >= 0.3 is 5.97 Å². The Kier molecular flexibility index (Phi) is 3.62. The minimum absolute atomic E-state index is 0.260. The molecule has 1 N–H and O–H groups in total. The summed E-state index contributed by atoms with van der Waals surface area (Å²) >= 11 is 0. The van der Waals surface area contributed by atoms with Gasteiger partial charge in [0.15, 0.2) is 0 Å². The van der Waals surface area contributed by atoms with Gasteiger partial charge in [-0.25, -0.2) is 0 Å². The lowest BCUT2D eigenvalue weighted by Crippen LogP contribution is -2.23. The number of hydrogen-bond acceptors (Lipinski definition) is 2. The molecule has 0 amide bonds. The number of aliphatic carboxylic acids is 1. The van der Waals surface area contributed by atoms with Crippen molar-refractivity contribution in [3.8, 4) is 5.75 Å². The van der Waals surface area contributed by atoms with Crippen molar-refractivity contribution in [2.45, 2.75) is 39.2 Å². The van der Waals surface area contributed by atoms with E-state index in [9.17, 15) is 9.90 Å². The molecule has 0 saturated carbocycles. The Bertz CT molecular complexity index is 687. The molecule has 1 unspecified atom stereocenters. The number of carboxylic acid groups (broad SMARTS) is 1. The Hall–Kier alpha value is -1.97. The lowest BCUT2D eigenvalue weighted by atomic mass is 9.86. The molecule has 0 aliphatic heterocycles. The summed E-state index contributed by atoms with van der Waals surface area (Å²) in [5.74, 6) is -0.110. The van der Waals surface area contributed by atoms with Crippen LogP contribution in [0.1, 0.15) is 31.0 Å². The normalized spacial score (nSPS) is 17.7. The maximum Gasteiger partial charge on any atom is 0.306 e. The lowest BCUT2D eigenvalue weighted by molar-refractivity contribution is -0.142. The highest BCUT2D eigenvalue weighted by Gasteiger charge is 2.29. The van der Waals surface area contributed by atoms with Crippen LogP contribution in [-0.2, 0) is 24.2 Å². The van der Waals surface area contributed by atoms with Crippen molar-refractivity contribution in [3.05, 3.63) is 29.5 Å². The van der Waals surface area contributed by atoms with Crippen LogP contribution in [0.25, 0.3) is 10.9 Å². The minimum Gasteiger partial charge on any atom is -0.497 e. The number of methoxy groups -OCH3 is 1. The molecule has 3 rings (SSSR count). The molecule has 0 spiro atoms. The van der Waals surface area contributed by atoms with Gasteiger partial charge in [0.25, 0.3) is 0 Å². The first-order valence-corrected chi connectivity index (χ1v) is 7.56. The van der Waals surface area contributed by atoms with Crippen molar-refractivity contribution in [2.24, 2.45) is 5.92 Å². The molecule has 1 aliphatic carbocycles. The molecule has 2 aromatic rings. The summed E-state index contributed by atoms with van der Waals surface area (Å²) < 4.78 is 7.69. The summed E-state index contributed by atoms with van der Waals surface area (Å²) in [4.78, 5) is 11.3. The molecule has 1 atom stereocenters. The van der Waals surface area contributed by atoms with Crippen molar-refractivity contribution in [1.29, 1.82) is 0 Å². The summed E-state index contributed by atoms with van der Waals surface area (Å²) in [6.07, 6.45) is 3.29. The van der Waals surface area contributed by atoms with Crippen LogP contribution in [0.2, 0.25) is 0 Å². The molecular formula is C17H21NO3. The van der Waals surface area contributed by atoms with Crippen LogP contribution in [0.5, 0.6) is 5.75 Å². The first-order chi connectivity index (χ1) is 10.2. The second kappa shape index (κ2) is 5.43. The second-order valence-corrected chi connectivity index (χ2v) is 5.74. The number of aromatic nitrogens is 1. The molecule has 1 aromatic heterocycles. The molecule has 21 heavy (non-hydrogen) atoms. The second-order valence-electron chi connectivity index (χ2n) is 5.74. The molecule has 0 fully saturated rings. The number of carboxylic acids is 1. The summed E-state index contributed by atoms with van der Waals surface area (Å²) in [6, 6.07) is 6.12. The SMILES string of the molecule is CCCn1c2c(c3cc(OC)ccc31)CC(C(=O)O)CC2. The van der Waals surface area contributed by atoms with Crippen LogP contribution >= 0.6 is 0 Å². The van der Waals surface area contributed by atoms with E-state index in [0.717, 1.165) is 36.9 Å². The quantitative estimate of drug-likeness (QED) is 0.939. The van der Waals surface area contributed by atoms with Gasteiger partial charge in [0, 0.05) is 23.1 Å².